The van der Waals surface area contributed by atoms with Crippen LogP contribution < -0.4 is 0 Å². The van der Waals surface area contributed by atoms with Crippen LogP contribution >= 0.6 is 0 Å². The molecule has 0 bridgehead atoms. The van der Waals surface area contributed by atoms with E-state index >= 15 is 0 Å². The number of benzene rings is 1. The zero-order valence-corrected chi connectivity index (χ0v) is 11.5. The summed E-state index contributed by atoms with van der Waals surface area (Å²) in [5, 5.41) is 0. The topological polar surface area (TPSA) is 20.3 Å². The highest BCUT2D eigenvalue weighted by Gasteiger charge is 2.22. The molecule has 0 N–H and O–H groups in total. The van der Waals surface area contributed by atoms with Crippen LogP contribution in [0.25, 0.3) is 0 Å². The van der Waals surface area contributed by atoms with Gasteiger partial charge in [-0.1, -0.05) is 13.8 Å². The molecule has 0 aliphatic heterocycles. The first-order valence-corrected chi connectivity index (χ1v) is 6.19. The molecule has 2 nitrogen and oxygen atoms in total. The van der Waals surface area contributed by atoms with Gasteiger partial charge in [-0.15, -0.1) is 0 Å². The maximum atomic E-state index is 13.1. The van der Waals surface area contributed by atoms with Gasteiger partial charge in [0.25, 0.3) is 5.91 Å². The quantitative estimate of drug-likeness (QED) is 0.767. The standard InChI is InChI=1S/C14H18F3NO/c1-8(2)7-18(9(3)4)14(19)10-5-11(15)13(17)12(16)6-10/h5-6,8-9H,7H2,1-4H3. The third-order valence-corrected chi connectivity index (χ3v) is 2.68. The normalized spacial score (nSPS) is 11.2. The Morgan fingerprint density at radius 2 is 1.58 bits per heavy atom. The van der Waals surface area contributed by atoms with Crippen LogP contribution in [-0.2, 0) is 0 Å². The minimum absolute atomic E-state index is 0.105. The molecule has 0 saturated carbocycles. The molecule has 19 heavy (non-hydrogen) atoms. The van der Waals surface area contributed by atoms with Gasteiger partial charge in [0, 0.05) is 18.2 Å². The number of nitrogens with zero attached hydrogens (tertiary/aromatic N) is 1. The Morgan fingerprint density at radius 3 is 1.95 bits per heavy atom. The number of carbonyl (C=O) groups excluding carboxylic acids is 1. The summed E-state index contributed by atoms with van der Waals surface area (Å²) in [4.78, 5) is 13.7. The van der Waals surface area contributed by atoms with Crippen molar-refractivity contribution in [2.45, 2.75) is 33.7 Å². The minimum atomic E-state index is -1.56. The fourth-order valence-electron chi connectivity index (χ4n) is 1.77. The van der Waals surface area contributed by atoms with E-state index in [1.54, 1.807) is 0 Å². The van der Waals surface area contributed by atoms with Crippen LogP contribution in [0.1, 0.15) is 38.1 Å². The van der Waals surface area contributed by atoms with Gasteiger partial charge in [-0.3, -0.25) is 4.79 Å². The maximum absolute atomic E-state index is 13.1. The zero-order valence-electron chi connectivity index (χ0n) is 11.5. The SMILES string of the molecule is CC(C)CN(C(=O)c1cc(F)c(F)c(F)c1)C(C)C. The summed E-state index contributed by atoms with van der Waals surface area (Å²) in [6, 6.07) is 1.36. The van der Waals surface area contributed by atoms with Crippen molar-refractivity contribution in [1.29, 1.82) is 0 Å². The largest absolute Gasteiger partial charge is 0.336 e. The van der Waals surface area contributed by atoms with Crippen LogP contribution in [0.5, 0.6) is 0 Å². The van der Waals surface area contributed by atoms with Gasteiger partial charge < -0.3 is 4.90 Å². The molecule has 1 amide bonds. The Labute approximate surface area is 111 Å². The molecule has 1 rings (SSSR count). The van der Waals surface area contributed by atoms with Crippen molar-refractivity contribution in [1.82, 2.24) is 4.90 Å². The molecule has 0 atom stereocenters. The van der Waals surface area contributed by atoms with Crippen LogP contribution in [0, 0.1) is 23.4 Å². The molecule has 0 aromatic heterocycles. The van der Waals surface area contributed by atoms with Crippen LogP contribution in [0.4, 0.5) is 13.2 Å². The molecule has 0 aliphatic rings. The lowest BCUT2D eigenvalue weighted by Gasteiger charge is -2.28. The molecule has 0 aliphatic carbocycles. The van der Waals surface area contributed by atoms with Gasteiger partial charge >= 0.3 is 0 Å². The van der Waals surface area contributed by atoms with E-state index in [1.807, 2.05) is 27.7 Å². The summed E-state index contributed by atoms with van der Waals surface area (Å²) in [6.07, 6.45) is 0. The van der Waals surface area contributed by atoms with E-state index in [0.29, 0.717) is 6.54 Å². The fraction of sp³-hybridized carbons (Fsp3) is 0.500. The van der Waals surface area contributed by atoms with Crippen molar-refractivity contribution >= 4 is 5.91 Å². The van der Waals surface area contributed by atoms with Gasteiger partial charge in [0.05, 0.1) is 0 Å². The highest BCUT2D eigenvalue weighted by molar-refractivity contribution is 5.94. The Bertz CT molecular complexity index is 449. The number of rotatable bonds is 4. The molecule has 0 saturated heterocycles. The number of hydrogen-bond acceptors (Lipinski definition) is 1. The lowest BCUT2D eigenvalue weighted by molar-refractivity contribution is 0.0680. The monoisotopic (exact) mass is 273 g/mol. The molecule has 0 spiro atoms. The van der Waals surface area contributed by atoms with E-state index in [9.17, 15) is 18.0 Å². The molecule has 0 radical (unpaired) electrons. The molecule has 0 fully saturated rings. The van der Waals surface area contributed by atoms with Crippen molar-refractivity contribution in [2.75, 3.05) is 6.54 Å². The molecule has 1 aromatic carbocycles. The second kappa shape index (κ2) is 6.08. The van der Waals surface area contributed by atoms with E-state index in [4.69, 9.17) is 0 Å². The Hall–Kier alpha value is -1.52. The van der Waals surface area contributed by atoms with E-state index in [1.165, 1.54) is 4.90 Å². The van der Waals surface area contributed by atoms with Gasteiger partial charge in [0.1, 0.15) is 0 Å². The Kier molecular flexibility index (Phi) is 4.97. The maximum Gasteiger partial charge on any atom is 0.254 e. The molecule has 0 unspecified atom stereocenters. The van der Waals surface area contributed by atoms with Crippen LogP contribution in [0.3, 0.4) is 0 Å². The fourth-order valence-corrected chi connectivity index (χ4v) is 1.77. The molecule has 0 heterocycles. The van der Waals surface area contributed by atoms with Crippen LogP contribution in [0.2, 0.25) is 0 Å². The number of carbonyl (C=O) groups is 1. The third kappa shape index (κ3) is 3.72. The lowest BCUT2D eigenvalue weighted by atomic mass is 10.1. The lowest BCUT2D eigenvalue weighted by Crippen LogP contribution is -2.39. The molecule has 1 aromatic rings. The van der Waals surface area contributed by atoms with Gasteiger partial charge in [0.2, 0.25) is 0 Å². The highest BCUT2D eigenvalue weighted by atomic mass is 19.2. The van der Waals surface area contributed by atoms with Crippen LogP contribution in [0.15, 0.2) is 12.1 Å². The summed E-state index contributed by atoms with van der Waals surface area (Å²) in [5.74, 6) is -4.53. The van der Waals surface area contributed by atoms with Gasteiger partial charge in [-0.05, 0) is 31.9 Å². The summed E-state index contributed by atoms with van der Waals surface area (Å²) in [5.41, 5.74) is -0.175. The Balaban J connectivity index is 3.10. The van der Waals surface area contributed by atoms with Crippen molar-refractivity contribution in [3.05, 3.63) is 35.1 Å². The Morgan fingerprint density at radius 1 is 1.11 bits per heavy atom. The van der Waals surface area contributed by atoms with E-state index in [2.05, 4.69) is 0 Å². The first-order chi connectivity index (χ1) is 8.73. The summed E-state index contributed by atoms with van der Waals surface area (Å²) in [7, 11) is 0. The highest BCUT2D eigenvalue weighted by Crippen LogP contribution is 2.17. The second-order valence-corrected chi connectivity index (χ2v) is 5.20. The number of hydrogen-bond donors (Lipinski definition) is 0. The average molecular weight is 273 g/mol. The van der Waals surface area contributed by atoms with Crippen molar-refractivity contribution in [3.63, 3.8) is 0 Å². The summed E-state index contributed by atoms with van der Waals surface area (Å²) >= 11 is 0. The molecular weight excluding hydrogens is 255 g/mol. The zero-order chi connectivity index (χ0) is 14.7. The van der Waals surface area contributed by atoms with Gasteiger partial charge in [-0.25, -0.2) is 13.2 Å². The average Bonchev–Trinajstić information content (AvgIpc) is 2.31. The van der Waals surface area contributed by atoms with Gasteiger partial charge in [-0.2, -0.15) is 0 Å². The molecule has 5 heteroatoms. The van der Waals surface area contributed by atoms with Crippen molar-refractivity contribution in [2.24, 2.45) is 5.92 Å². The smallest absolute Gasteiger partial charge is 0.254 e. The van der Waals surface area contributed by atoms with Crippen molar-refractivity contribution in [3.8, 4) is 0 Å². The predicted octanol–water partition coefficient (Wildman–Crippen LogP) is 3.61. The van der Waals surface area contributed by atoms with Crippen LogP contribution in [-0.4, -0.2) is 23.4 Å². The molecular formula is C14H18F3NO. The number of halogens is 3. The predicted molar refractivity (Wildman–Crippen MR) is 67.3 cm³/mol. The summed E-state index contributed by atoms with van der Waals surface area (Å²) < 4.78 is 39.2. The second-order valence-electron chi connectivity index (χ2n) is 5.20. The van der Waals surface area contributed by atoms with Gasteiger partial charge in [0.15, 0.2) is 17.5 Å². The molecule has 106 valence electrons. The third-order valence-electron chi connectivity index (χ3n) is 2.68. The summed E-state index contributed by atoms with van der Waals surface area (Å²) in [6.45, 7) is 7.98. The van der Waals surface area contributed by atoms with E-state index < -0.39 is 23.4 Å². The van der Waals surface area contributed by atoms with Crippen molar-refractivity contribution < 1.29 is 18.0 Å². The number of amides is 1. The minimum Gasteiger partial charge on any atom is -0.336 e. The first-order valence-electron chi connectivity index (χ1n) is 6.19. The first kappa shape index (κ1) is 15.5. The van der Waals surface area contributed by atoms with E-state index in [0.717, 1.165) is 12.1 Å². The van der Waals surface area contributed by atoms with E-state index in [-0.39, 0.29) is 17.5 Å².